The Hall–Kier alpha value is -3.82. The maximum Gasteiger partial charge on any atom is 0.332 e. The van der Waals surface area contributed by atoms with Crippen LogP contribution in [0.3, 0.4) is 0 Å². The van der Waals surface area contributed by atoms with Crippen molar-refractivity contribution in [1.29, 1.82) is 0 Å². The van der Waals surface area contributed by atoms with Gasteiger partial charge in [-0.15, -0.1) is 6.58 Å². The van der Waals surface area contributed by atoms with Crippen LogP contribution in [0.15, 0.2) is 45.5 Å². The Morgan fingerprint density at radius 1 is 1.31 bits per heavy atom. The zero-order valence-electron chi connectivity index (χ0n) is 16.4. The van der Waals surface area contributed by atoms with Crippen molar-refractivity contribution in [3.05, 3.63) is 57.3 Å². The third-order valence-corrected chi connectivity index (χ3v) is 4.33. The van der Waals surface area contributed by atoms with Crippen LogP contribution >= 0.6 is 0 Å². The Kier molecular flexibility index (Phi) is 5.53. The number of aromatic nitrogens is 4. The molecular formula is C19H22N6O4. The number of imidazole rings is 1. The molecule has 0 saturated carbocycles. The Balaban J connectivity index is 1.96. The van der Waals surface area contributed by atoms with E-state index in [9.17, 15) is 14.7 Å². The third kappa shape index (κ3) is 3.64. The summed E-state index contributed by atoms with van der Waals surface area (Å²) in [6, 6.07) is 4.84. The van der Waals surface area contributed by atoms with Crippen molar-refractivity contribution in [3.8, 4) is 11.5 Å². The summed E-state index contributed by atoms with van der Waals surface area (Å²) >= 11 is 0. The first-order valence-corrected chi connectivity index (χ1v) is 8.91. The first-order valence-electron chi connectivity index (χ1n) is 8.91. The van der Waals surface area contributed by atoms with E-state index < -0.39 is 11.2 Å². The van der Waals surface area contributed by atoms with Gasteiger partial charge in [0, 0.05) is 20.6 Å². The number of ether oxygens (including phenoxy) is 1. The van der Waals surface area contributed by atoms with Gasteiger partial charge < -0.3 is 14.4 Å². The van der Waals surface area contributed by atoms with Crippen molar-refractivity contribution in [1.82, 2.24) is 18.7 Å². The molecule has 0 aliphatic carbocycles. The number of fused-ring (bicyclic) bond motifs is 1. The SMILES string of the molecule is C=CCn1c(=O)c2c(nc(NN=Cc3ccc(O)c(OCC)c3)n2C)n(C)c1=O. The first-order chi connectivity index (χ1) is 13.9. The average Bonchev–Trinajstić information content (AvgIpc) is 3.03. The second kappa shape index (κ2) is 8.05. The molecule has 0 saturated heterocycles. The molecule has 152 valence electrons. The number of allylic oxidation sites excluding steroid dienone is 1. The summed E-state index contributed by atoms with van der Waals surface area (Å²) in [6.07, 6.45) is 3.01. The second-order valence-electron chi connectivity index (χ2n) is 6.24. The highest BCUT2D eigenvalue weighted by atomic mass is 16.5. The Labute approximate surface area is 166 Å². The summed E-state index contributed by atoms with van der Waals surface area (Å²) < 4.78 is 9.28. The Morgan fingerprint density at radius 2 is 2.07 bits per heavy atom. The molecule has 10 heteroatoms. The summed E-state index contributed by atoms with van der Waals surface area (Å²) in [6.45, 7) is 5.94. The van der Waals surface area contributed by atoms with Crippen LogP contribution in [-0.2, 0) is 20.6 Å². The van der Waals surface area contributed by atoms with Crippen LogP contribution in [0.25, 0.3) is 11.2 Å². The minimum atomic E-state index is -0.469. The molecule has 0 atom stereocenters. The molecule has 3 rings (SSSR count). The van der Waals surface area contributed by atoms with Crippen molar-refractivity contribution in [2.24, 2.45) is 19.2 Å². The Bertz CT molecular complexity index is 1220. The van der Waals surface area contributed by atoms with Crippen molar-refractivity contribution in [2.45, 2.75) is 13.5 Å². The van der Waals surface area contributed by atoms with Gasteiger partial charge in [-0.25, -0.2) is 10.2 Å². The minimum Gasteiger partial charge on any atom is -0.504 e. The summed E-state index contributed by atoms with van der Waals surface area (Å²) in [4.78, 5) is 29.4. The van der Waals surface area contributed by atoms with Crippen molar-refractivity contribution >= 4 is 23.3 Å². The average molecular weight is 398 g/mol. The number of hydrogen-bond acceptors (Lipinski definition) is 7. The molecule has 2 aromatic heterocycles. The van der Waals surface area contributed by atoms with Gasteiger partial charge in [-0.3, -0.25) is 13.9 Å². The molecule has 0 radical (unpaired) electrons. The number of benzene rings is 1. The highest BCUT2D eigenvalue weighted by Gasteiger charge is 2.17. The van der Waals surface area contributed by atoms with Crippen LogP contribution in [0.1, 0.15) is 12.5 Å². The van der Waals surface area contributed by atoms with Gasteiger partial charge in [0.2, 0.25) is 5.95 Å². The van der Waals surface area contributed by atoms with Crippen LogP contribution in [0.4, 0.5) is 5.95 Å². The van der Waals surface area contributed by atoms with Gasteiger partial charge in [-0.2, -0.15) is 10.1 Å². The lowest BCUT2D eigenvalue weighted by Crippen LogP contribution is -2.39. The molecule has 0 aliphatic heterocycles. The van der Waals surface area contributed by atoms with Gasteiger partial charge in [-0.1, -0.05) is 6.08 Å². The standard InChI is InChI=1S/C19H22N6O4/c1-5-9-25-17(27)15-16(24(4)19(25)28)21-18(23(15)3)22-20-11-12-7-8-13(26)14(10-12)29-6-2/h5,7-8,10-11,26H,1,6,9H2,2-4H3,(H,21,22). The number of phenolic OH excluding ortho intramolecular Hbond substituents is 1. The zero-order chi connectivity index (χ0) is 21.1. The lowest BCUT2D eigenvalue weighted by Gasteiger charge is -2.06. The van der Waals surface area contributed by atoms with Crippen molar-refractivity contribution in [2.75, 3.05) is 12.0 Å². The maximum absolute atomic E-state index is 12.7. The summed E-state index contributed by atoms with van der Waals surface area (Å²) in [5.41, 5.74) is 3.08. The predicted octanol–water partition coefficient (Wildman–Crippen LogP) is 1.17. The summed E-state index contributed by atoms with van der Waals surface area (Å²) in [5, 5.41) is 13.9. The molecule has 3 aromatic rings. The molecular weight excluding hydrogens is 376 g/mol. The molecule has 0 aliphatic rings. The second-order valence-corrected chi connectivity index (χ2v) is 6.24. The van der Waals surface area contributed by atoms with E-state index in [4.69, 9.17) is 4.74 Å². The van der Waals surface area contributed by atoms with Crippen molar-refractivity contribution in [3.63, 3.8) is 0 Å². The summed E-state index contributed by atoms with van der Waals surface area (Å²) in [5.74, 6) is 0.699. The molecule has 0 spiro atoms. The number of aryl methyl sites for hydroxylation is 2. The normalized spacial score (nSPS) is 11.3. The number of hydrazone groups is 1. The lowest BCUT2D eigenvalue weighted by molar-refractivity contribution is 0.318. The van der Waals surface area contributed by atoms with Crippen LogP contribution in [0.5, 0.6) is 11.5 Å². The fraction of sp³-hybridized carbons (Fsp3) is 0.263. The highest BCUT2D eigenvalue weighted by Crippen LogP contribution is 2.26. The number of anilines is 1. The van der Waals surface area contributed by atoms with E-state index in [0.717, 1.165) is 4.57 Å². The highest BCUT2D eigenvalue weighted by molar-refractivity contribution is 5.81. The maximum atomic E-state index is 12.7. The molecule has 0 amide bonds. The number of rotatable bonds is 7. The number of phenols is 1. The number of nitrogens with zero attached hydrogens (tertiary/aromatic N) is 5. The number of aromatic hydroxyl groups is 1. The quantitative estimate of drug-likeness (QED) is 0.351. The van der Waals surface area contributed by atoms with Gasteiger partial charge >= 0.3 is 5.69 Å². The van der Waals surface area contributed by atoms with Crippen LogP contribution in [0, 0.1) is 0 Å². The molecule has 2 N–H and O–H groups in total. The minimum absolute atomic E-state index is 0.0454. The number of hydrogen-bond donors (Lipinski definition) is 2. The molecule has 1 aromatic carbocycles. The largest absolute Gasteiger partial charge is 0.504 e. The molecule has 29 heavy (non-hydrogen) atoms. The Morgan fingerprint density at radius 3 is 2.76 bits per heavy atom. The topological polar surface area (TPSA) is 116 Å². The predicted molar refractivity (Wildman–Crippen MR) is 111 cm³/mol. The van der Waals surface area contributed by atoms with Gasteiger partial charge in [0.15, 0.2) is 22.7 Å². The fourth-order valence-corrected chi connectivity index (χ4v) is 2.88. The van der Waals surface area contributed by atoms with E-state index >= 15 is 0 Å². The van der Waals surface area contributed by atoms with Crippen LogP contribution in [-0.4, -0.2) is 36.6 Å². The molecule has 10 nitrogen and oxygen atoms in total. The zero-order valence-corrected chi connectivity index (χ0v) is 16.4. The van der Waals surface area contributed by atoms with E-state index in [1.54, 1.807) is 26.2 Å². The van der Waals surface area contributed by atoms with Crippen LogP contribution < -0.4 is 21.4 Å². The van der Waals surface area contributed by atoms with Gasteiger partial charge in [0.1, 0.15) is 0 Å². The van der Waals surface area contributed by atoms with E-state index in [2.05, 4.69) is 22.1 Å². The van der Waals surface area contributed by atoms with Crippen molar-refractivity contribution < 1.29 is 9.84 Å². The van der Waals surface area contributed by atoms with E-state index in [-0.39, 0.29) is 23.5 Å². The van der Waals surface area contributed by atoms with Gasteiger partial charge in [0.25, 0.3) is 5.56 Å². The molecule has 0 unspecified atom stereocenters. The van der Waals surface area contributed by atoms with Crippen LogP contribution in [0.2, 0.25) is 0 Å². The molecule has 0 bridgehead atoms. The molecule has 0 fully saturated rings. The van der Waals surface area contributed by atoms with E-state index in [1.165, 1.54) is 27.5 Å². The smallest absolute Gasteiger partial charge is 0.332 e. The third-order valence-electron chi connectivity index (χ3n) is 4.33. The lowest BCUT2D eigenvalue weighted by atomic mass is 10.2. The van der Waals surface area contributed by atoms with E-state index in [1.807, 2.05) is 6.92 Å². The summed E-state index contributed by atoms with van der Waals surface area (Å²) in [7, 11) is 3.21. The van der Waals surface area contributed by atoms with E-state index in [0.29, 0.717) is 23.9 Å². The first kappa shape index (κ1) is 19.9. The number of nitrogens with one attached hydrogen (secondary N) is 1. The van der Waals surface area contributed by atoms with Gasteiger partial charge in [-0.05, 0) is 30.7 Å². The van der Waals surface area contributed by atoms with Gasteiger partial charge in [0.05, 0.1) is 12.8 Å². The fourth-order valence-electron chi connectivity index (χ4n) is 2.88. The monoisotopic (exact) mass is 398 g/mol. The molecule has 2 heterocycles.